The molecule has 0 spiro atoms. The molecule has 0 saturated carbocycles. The summed E-state index contributed by atoms with van der Waals surface area (Å²) < 4.78 is 5.54. The Morgan fingerprint density at radius 2 is 2.28 bits per heavy atom. The van der Waals surface area contributed by atoms with Crippen molar-refractivity contribution in [1.82, 2.24) is 0 Å². The third-order valence-corrected chi connectivity index (χ3v) is 3.03. The smallest absolute Gasteiger partial charge is 0.345 e. The number of fused-ring (bicyclic) bond motifs is 1. The minimum Gasteiger partial charge on any atom is -0.492 e. The van der Waals surface area contributed by atoms with Crippen LogP contribution >= 0.6 is 11.6 Å². The van der Waals surface area contributed by atoms with E-state index in [2.05, 4.69) is 24.1 Å². The first-order chi connectivity index (χ1) is 8.40. The van der Waals surface area contributed by atoms with Crippen LogP contribution in [-0.2, 0) is 10.2 Å². The Morgan fingerprint density at radius 1 is 1.56 bits per heavy atom. The van der Waals surface area contributed by atoms with Gasteiger partial charge in [-0.2, -0.15) is 10.2 Å². The van der Waals surface area contributed by atoms with Crippen LogP contribution in [0.3, 0.4) is 0 Å². The standard InChI is InChI=1S/C12H13ClN2O3/c1-12(2)6-18-9-4-3-7(5-8(9)12)14-15-10(13)11(16)17/h3-5,10H,6H2,1-2H3,(H,16,17). The fourth-order valence-corrected chi connectivity index (χ4v) is 1.78. The summed E-state index contributed by atoms with van der Waals surface area (Å²) in [6.45, 7) is 4.76. The Labute approximate surface area is 109 Å². The summed E-state index contributed by atoms with van der Waals surface area (Å²) in [5.74, 6) is -0.384. The average Bonchev–Trinajstić information content (AvgIpc) is 2.62. The van der Waals surface area contributed by atoms with Crippen molar-refractivity contribution >= 4 is 23.3 Å². The van der Waals surface area contributed by atoms with Gasteiger partial charge in [-0.25, -0.2) is 4.79 Å². The van der Waals surface area contributed by atoms with Gasteiger partial charge in [-0.1, -0.05) is 25.4 Å². The quantitative estimate of drug-likeness (QED) is 0.520. The number of carbonyl (C=O) groups is 1. The lowest BCUT2D eigenvalue weighted by molar-refractivity contribution is -0.136. The van der Waals surface area contributed by atoms with Crippen molar-refractivity contribution in [3.8, 4) is 5.75 Å². The molecule has 0 bridgehead atoms. The van der Waals surface area contributed by atoms with Crippen LogP contribution in [0.15, 0.2) is 28.4 Å². The molecule has 1 aliphatic heterocycles. The summed E-state index contributed by atoms with van der Waals surface area (Å²) in [7, 11) is 0. The normalized spacial score (nSPS) is 18.4. The van der Waals surface area contributed by atoms with E-state index < -0.39 is 11.5 Å². The summed E-state index contributed by atoms with van der Waals surface area (Å²) in [6, 6.07) is 5.37. The lowest BCUT2D eigenvalue weighted by Gasteiger charge is -2.14. The van der Waals surface area contributed by atoms with E-state index >= 15 is 0 Å². The molecule has 0 fully saturated rings. The van der Waals surface area contributed by atoms with E-state index in [0.29, 0.717) is 12.3 Å². The highest BCUT2D eigenvalue weighted by Crippen LogP contribution is 2.40. The van der Waals surface area contributed by atoms with Crippen molar-refractivity contribution in [3.05, 3.63) is 23.8 Å². The first kappa shape index (κ1) is 12.8. The molecule has 96 valence electrons. The maximum Gasteiger partial charge on any atom is 0.345 e. The van der Waals surface area contributed by atoms with E-state index in [4.69, 9.17) is 21.4 Å². The van der Waals surface area contributed by atoms with Gasteiger partial charge in [0.25, 0.3) is 0 Å². The molecule has 1 aromatic rings. The molecule has 18 heavy (non-hydrogen) atoms. The topological polar surface area (TPSA) is 71.2 Å². The molecular weight excluding hydrogens is 256 g/mol. The third kappa shape index (κ3) is 2.46. The van der Waals surface area contributed by atoms with E-state index in [0.717, 1.165) is 11.3 Å². The van der Waals surface area contributed by atoms with Gasteiger partial charge in [0.1, 0.15) is 5.75 Å². The molecule has 0 aromatic heterocycles. The number of rotatable bonds is 3. The summed E-state index contributed by atoms with van der Waals surface area (Å²) >= 11 is 5.45. The Kier molecular flexibility index (Phi) is 3.26. The maximum absolute atomic E-state index is 10.5. The number of azo groups is 1. The van der Waals surface area contributed by atoms with Gasteiger partial charge >= 0.3 is 5.97 Å². The Bertz CT molecular complexity index is 514. The molecule has 0 amide bonds. The van der Waals surface area contributed by atoms with Crippen molar-refractivity contribution in [3.63, 3.8) is 0 Å². The lowest BCUT2D eigenvalue weighted by atomic mass is 9.87. The number of carboxylic acids is 1. The van der Waals surface area contributed by atoms with Gasteiger partial charge in [0, 0.05) is 11.0 Å². The minimum atomic E-state index is -1.36. The predicted molar refractivity (Wildman–Crippen MR) is 66.8 cm³/mol. The predicted octanol–water partition coefficient (Wildman–Crippen LogP) is 3.09. The van der Waals surface area contributed by atoms with E-state index in [9.17, 15) is 4.79 Å². The van der Waals surface area contributed by atoms with E-state index in [1.165, 1.54) is 0 Å². The minimum absolute atomic E-state index is 0.0754. The summed E-state index contributed by atoms with van der Waals surface area (Å²) in [5, 5.41) is 15.9. The number of hydrogen-bond donors (Lipinski definition) is 1. The molecule has 1 unspecified atom stereocenters. The SMILES string of the molecule is CC1(C)COc2ccc(N=NC(Cl)C(=O)O)cc21. The highest BCUT2D eigenvalue weighted by Gasteiger charge is 2.31. The largest absolute Gasteiger partial charge is 0.492 e. The highest BCUT2D eigenvalue weighted by molar-refractivity contribution is 6.29. The zero-order chi connectivity index (χ0) is 13.3. The van der Waals surface area contributed by atoms with E-state index in [1.807, 2.05) is 12.1 Å². The van der Waals surface area contributed by atoms with Gasteiger partial charge in [-0.3, -0.25) is 0 Å². The monoisotopic (exact) mass is 268 g/mol. The first-order valence-electron chi connectivity index (χ1n) is 5.45. The molecule has 6 heteroatoms. The molecule has 5 nitrogen and oxygen atoms in total. The number of alkyl halides is 1. The maximum atomic E-state index is 10.5. The van der Waals surface area contributed by atoms with Crippen LogP contribution in [0.2, 0.25) is 0 Å². The van der Waals surface area contributed by atoms with Crippen molar-refractivity contribution in [2.75, 3.05) is 6.61 Å². The van der Waals surface area contributed by atoms with Crippen LogP contribution < -0.4 is 4.74 Å². The van der Waals surface area contributed by atoms with Crippen LogP contribution in [0.1, 0.15) is 19.4 Å². The number of carboxylic acid groups (broad SMARTS) is 1. The molecular formula is C12H13ClN2O3. The fraction of sp³-hybridized carbons (Fsp3) is 0.417. The third-order valence-electron chi connectivity index (χ3n) is 2.76. The fourth-order valence-electron chi connectivity index (χ4n) is 1.74. The van der Waals surface area contributed by atoms with Crippen molar-refractivity contribution in [2.24, 2.45) is 10.2 Å². The number of ether oxygens (including phenoxy) is 1. The zero-order valence-electron chi connectivity index (χ0n) is 10.1. The van der Waals surface area contributed by atoms with Gasteiger partial charge in [0.05, 0.1) is 12.3 Å². The molecule has 1 atom stereocenters. The number of halogens is 1. The van der Waals surface area contributed by atoms with Crippen LogP contribution in [0.25, 0.3) is 0 Å². The zero-order valence-corrected chi connectivity index (χ0v) is 10.8. The van der Waals surface area contributed by atoms with Gasteiger partial charge in [0.2, 0.25) is 5.50 Å². The molecule has 2 rings (SSSR count). The van der Waals surface area contributed by atoms with E-state index in [-0.39, 0.29) is 5.41 Å². The summed E-state index contributed by atoms with van der Waals surface area (Å²) in [5.41, 5.74) is 0.177. The van der Waals surface area contributed by atoms with Gasteiger partial charge < -0.3 is 9.84 Å². The van der Waals surface area contributed by atoms with Crippen LogP contribution in [-0.4, -0.2) is 23.2 Å². The Morgan fingerprint density at radius 3 is 2.94 bits per heavy atom. The van der Waals surface area contributed by atoms with Crippen LogP contribution in [0.5, 0.6) is 5.75 Å². The van der Waals surface area contributed by atoms with Crippen molar-refractivity contribution < 1.29 is 14.6 Å². The molecule has 1 heterocycles. The molecule has 1 N–H and O–H groups in total. The molecule has 1 aliphatic rings. The molecule has 0 radical (unpaired) electrons. The van der Waals surface area contributed by atoms with Crippen molar-refractivity contribution in [2.45, 2.75) is 24.8 Å². The van der Waals surface area contributed by atoms with Crippen molar-refractivity contribution in [1.29, 1.82) is 0 Å². The first-order valence-corrected chi connectivity index (χ1v) is 5.89. The molecule has 0 saturated heterocycles. The number of aliphatic carboxylic acids is 1. The summed E-state index contributed by atoms with van der Waals surface area (Å²) in [6.07, 6.45) is 0. The number of benzene rings is 1. The number of nitrogens with zero attached hydrogens (tertiary/aromatic N) is 2. The highest BCUT2D eigenvalue weighted by atomic mass is 35.5. The summed E-state index contributed by atoms with van der Waals surface area (Å²) in [4.78, 5) is 10.5. The second-order valence-corrected chi connectivity index (χ2v) is 5.16. The number of hydrogen-bond acceptors (Lipinski definition) is 4. The average molecular weight is 269 g/mol. The van der Waals surface area contributed by atoms with Gasteiger partial charge in [0.15, 0.2) is 0 Å². The van der Waals surface area contributed by atoms with Gasteiger partial charge in [-0.05, 0) is 18.2 Å². The van der Waals surface area contributed by atoms with E-state index in [1.54, 1.807) is 6.07 Å². The lowest BCUT2D eigenvalue weighted by Crippen LogP contribution is -2.18. The Balaban J connectivity index is 2.25. The second-order valence-electron chi connectivity index (χ2n) is 4.74. The van der Waals surface area contributed by atoms with Crippen LogP contribution in [0, 0.1) is 0 Å². The Hall–Kier alpha value is -1.62. The molecule has 1 aromatic carbocycles. The van der Waals surface area contributed by atoms with Crippen LogP contribution in [0.4, 0.5) is 5.69 Å². The van der Waals surface area contributed by atoms with Gasteiger partial charge in [-0.15, -0.1) is 0 Å². The molecule has 0 aliphatic carbocycles. The second kappa shape index (κ2) is 4.57.